The molecule has 2 aromatic heterocycles. The van der Waals surface area contributed by atoms with E-state index in [0.717, 1.165) is 27.9 Å². The molecule has 0 saturated carbocycles. The Hall–Kier alpha value is -2.20. The predicted octanol–water partition coefficient (Wildman–Crippen LogP) is 2.81. The Kier molecular flexibility index (Phi) is 3.25. The van der Waals surface area contributed by atoms with Gasteiger partial charge in [0.1, 0.15) is 11.5 Å². The summed E-state index contributed by atoms with van der Waals surface area (Å²) >= 11 is 0. The average molecular weight is 254 g/mol. The Labute approximate surface area is 110 Å². The Morgan fingerprint density at radius 2 is 2.05 bits per heavy atom. The number of aliphatic hydroxyl groups is 1. The SMILES string of the molecule is OCCCc1cc(-c2cccc3cccnc23)no1. The fourth-order valence-electron chi connectivity index (χ4n) is 2.12. The summed E-state index contributed by atoms with van der Waals surface area (Å²) in [7, 11) is 0. The summed E-state index contributed by atoms with van der Waals surface area (Å²) in [6.07, 6.45) is 3.16. The lowest BCUT2D eigenvalue weighted by Gasteiger charge is -2.01. The molecule has 1 N–H and O–H groups in total. The summed E-state index contributed by atoms with van der Waals surface area (Å²) in [6.45, 7) is 0.159. The van der Waals surface area contributed by atoms with Crippen molar-refractivity contribution in [2.75, 3.05) is 6.61 Å². The summed E-state index contributed by atoms with van der Waals surface area (Å²) in [6, 6.07) is 11.9. The van der Waals surface area contributed by atoms with Crippen molar-refractivity contribution in [1.29, 1.82) is 0 Å². The lowest BCUT2D eigenvalue weighted by molar-refractivity contribution is 0.280. The molecule has 0 saturated heterocycles. The van der Waals surface area contributed by atoms with Crippen molar-refractivity contribution >= 4 is 10.9 Å². The van der Waals surface area contributed by atoms with Gasteiger partial charge in [0.25, 0.3) is 0 Å². The van der Waals surface area contributed by atoms with Crippen LogP contribution >= 0.6 is 0 Å². The second-order valence-corrected chi connectivity index (χ2v) is 4.39. The molecule has 2 heterocycles. The molecule has 0 spiro atoms. The second kappa shape index (κ2) is 5.20. The lowest BCUT2D eigenvalue weighted by Crippen LogP contribution is -1.86. The number of fused-ring (bicyclic) bond motifs is 1. The van der Waals surface area contributed by atoms with E-state index in [9.17, 15) is 0 Å². The van der Waals surface area contributed by atoms with Gasteiger partial charge in [-0.15, -0.1) is 0 Å². The molecule has 4 heteroatoms. The minimum absolute atomic E-state index is 0.159. The zero-order valence-electron chi connectivity index (χ0n) is 10.4. The van der Waals surface area contributed by atoms with Crippen LogP contribution in [0.3, 0.4) is 0 Å². The van der Waals surface area contributed by atoms with Gasteiger partial charge >= 0.3 is 0 Å². The van der Waals surface area contributed by atoms with E-state index >= 15 is 0 Å². The molecule has 0 atom stereocenters. The third-order valence-corrected chi connectivity index (χ3v) is 3.05. The maximum atomic E-state index is 8.82. The second-order valence-electron chi connectivity index (χ2n) is 4.39. The van der Waals surface area contributed by atoms with Crippen LogP contribution in [-0.2, 0) is 6.42 Å². The van der Waals surface area contributed by atoms with Gasteiger partial charge < -0.3 is 9.63 Å². The number of aliphatic hydroxyl groups excluding tert-OH is 1. The van der Waals surface area contributed by atoms with Crippen LogP contribution in [0.4, 0.5) is 0 Å². The molecule has 3 rings (SSSR count). The van der Waals surface area contributed by atoms with E-state index in [0.29, 0.717) is 12.8 Å². The molecule has 0 radical (unpaired) electrons. The van der Waals surface area contributed by atoms with Crippen LogP contribution in [0.15, 0.2) is 47.1 Å². The molecule has 1 aromatic carbocycles. The summed E-state index contributed by atoms with van der Waals surface area (Å²) in [5.41, 5.74) is 2.68. The van der Waals surface area contributed by atoms with Gasteiger partial charge in [-0.2, -0.15) is 0 Å². The van der Waals surface area contributed by atoms with Gasteiger partial charge in [0.2, 0.25) is 0 Å². The van der Waals surface area contributed by atoms with Crippen molar-refractivity contribution in [3.63, 3.8) is 0 Å². The monoisotopic (exact) mass is 254 g/mol. The molecular formula is C15H14N2O2. The summed E-state index contributed by atoms with van der Waals surface area (Å²) < 4.78 is 5.28. The van der Waals surface area contributed by atoms with Crippen LogP contribution in [0.25, 0.3) is 22.2 Å². The highest BCUT2D eigenvalue weighted by Crippen LogP contribution is 2.26. The molecule has 4 nitrogen and oxygen atoms in total. The van der Waals surface area contributed by atoms with Crippen molar-refractivity contribution in [1.82, 2.24) is 10.1 Å². The van der Waals surface area contributed by atoms with Crippen LogP contribution in [0.5, 0.6) is 0 Å². The number of para-hydroxylation sites is 1. The van der Waals surface area contributed by atoms with Gasteiger partial charge in [-0.25, -0.2) is 0 Å². The molecule has 0 amide bonds. The molecule has 0 unspecified atom stereocenters. The van der Waals surface area contributed by atoms with Gasteiger partial charge in [-0.1, -0.05) is 29.4 Å². The van der Waals surface area contributed by atoms with E-state index < -0.39 is 0 Å². The zero-order chi connectivity index (χ0) is 13.1. The predicted molar refractivity (Wildman–Crippen MR) is 72.6 cm³/mol. The highest BCUT2D eigenvalue weighted by Gasteiger charge is 2.10. The minimum Gasteiger partial charge on any atom is -0.396 e. The zero-order valence-corrected chi connectivity index (χ0v) is 10.4. The minimum atomic E-state index is 0.159. The van der Waals surface area contributed by atoms with Gasteiger partial charge in [0.05, 0.1) is 5.52 Å². The Bertz CT molecular complexity index is 686. The van der Waals surface area contributed by atoms with Crippen molar-refractivity contribution in [3.8, 4) is 11.3 Å². The molecule has 0 bridgehead atoms. The van der Waals surface area contributed by atoms with E-state index in [1.807, 2.05) is 36.4 Å². The van der Waals surface area contributed by atoms with Gasteiger partial charge in [0, 0.05) is 36.2 Å². The Morgan fingerprint density at radius 1 is 1.16 bits per heavy atom. The number of nitrogens with zero attached hydrogens (tertiary/aromatic N) is 2. The maximum Gasteiger partial charge on any atom is 0.137 e. The number of rotatable bonds is 4. The number of hydrogen-bond acceptors (Lipinski definition) is 4. The highest BCUT2D eigenvalue weighted by molar-refractivity contribution is 5.92. The summed E-state index contributed by atoms with van der Waals surface area (Å²) in [5, 5.41) is 14.0. The van der Waals surface area contributed by atoms with E-state index in [2.05, 4.69) is 10.1 Å². The largest absolute Gasteiger partial charge is 0.396 e. The van der Waals surface area contributed by atoms with E-state index in [-0.39, 0.29) is 6.61 Å². The van der Waals surface area contributed by atoms with Crippen LogP contribution < -0.4 is 0 Å². The standard InChI is InChI=1S/C15H14N2O2/c18-9-3-6-12-10-14(17-19-12)13-7-1-4-11-5-2-8-16-15(11)13/h1-2,4-5,7-8,10,18H,3,6,9H2. The molecular weight excluding hydrogens is 240 g/mol. The van der Waals surface area contributed by atoms with E-state index in [1.165, 1.54) is 0 Å². The number of aryl methyl sites for hydroxylation is 1. The molecule has 0 aliphatic rings. The molecule has 96 valence electrons. The maximum absolute atomic E-state index is 8.82. The van der Waals surface area contributed by atoms with Crippen molar-refractivity contribution in [2.24, 2.45) is 0 Å². The number of benzene rings is 1. The van der Waals surface area contributed by atoms with Crippen LogP contribution in [0.2, 0.25) is 0 Å². The Morgan fingerprint density at radius 3 is 2.95 bits per heavy atom. The molecule has 0 aliphatic carbocycles. The van der Waals surface area contributed by atoms with Crippen LogP contribution in [-0.4, -0.2) is 21.9 Å². The van der Waals surface area contributed by atoms with Crippen molar-refractivity contribution in [3.05, 3.63) is 48.4 Å². The normalized spacial score (nSPS) is 11.0. The first-order valence-electron chi connectivity index (χ1n) is 6.29. The van der Waals surface area contributed by atoms with Crippen LogP contribution in [0.1, 0.15) is 12.2 Å². The number of aromatic nitrogens is 2. The van der Waals surface area contributed by atoms with Gasteiger partial charge in [-0.05, 0) is 12.5 Å². The van der Waals surface area contributed by atoms with Crippen LogP contribution in [0, 0.1) is 0 Å². The molecule has 0 aliphatic heterocycles. The van der Waals surface area contributed by atoms with Gasteiger partial charge in [-0.3, -0.25) is 4.98 Å². The summed E-state index contributed by atoms with van der Waals surface area (Å²) in [4.78, 5) is 4.41. The first-order valence-corrected chi connectivity index (χ1v) is 6.29. The topological polar surface area (TPSA) is 59.2 Å². The fourth-order valence-corrected chi connectivity index (χ4v) is 2.12. The van der Waals surface area contributed by atoms with Gasteiger partial charge in [0.15, 0.2) is 0 Å². The number of pyridine rings is 1. The highest BCUT2D eigenvalue weighted by atomic mass is 16.5. The average Bonchev–Trinajstić information content (AvgIpc) is 2.93. The Balaban J connectivity index is 2.02. The van der Waals surface area contributed by atoms with E-state index in [1.54, 1.807) is 6.20 Å². The number of hydrogen-bond donors (Lipinski definition) is 1. The molecule has 0 fully saturated rings. The molecule has 3 aromatic rings. The third kappa shape index (κ3) is 2.35. The quantitative estimate of drug-likeness (QED) is 0.777. The molecule has 19 heavy (non-hydrogen) atoms. The van der Waals surface area contributed by atoms with E-state index in [4.69, 9.17) is 9.63 Å². The lowest BCUT2D eigenvalue weighted by atomic mass is 10.1. The third-order valence-electron chi connectivity index (χ3n) is 3.05. The smallest absolute Gasteiger partial charge is 0.137 e. The summed E-state index contributed by atoms with van der Waals surface area (Å²) in [5.74, 6) is 0.789. The van der Waals surface area contributed by atoms with Crippen molar-refractivity contribution in [2.45, 2.75) is 12.8 Å². The first-order chi connectivity index (χ1) is 9.38. The van der Waals surface area contributed by atoms with Crippen molar-refractivity contribution < 1.29 is 9.63 Å². The first kappa shape index (κ1) is 11.9. The fraction of sp³-hybridized carbons (Fsp3) is 0.200.